The molecule has 3 unspecified atom stereocenters. The average Bonchev–Trinajstić information content (AvgIpc) is 3.05. The monoisotopic (exact) mass is 377 g/mol. The van der Waals surface area contributed by atoms with Crippen LogP contribution in [0.1, 0.15) is 30.9 Å². The van der Waals surface area contributed by atoms with E-state index >= 15 is 0 Å². The Morgan fingerprint density at radius 3 is 2.40 bits per heavy atom. The van der Waals surface area contributed by atoms with Gasteiger partial charge in [0.15, 0.2) is 6.10 Å². The van der Waals surface area contributed by atoms with Crippen molar-refractivity contribution in [2.75, 3.05) is 19.6 Å². The van der Waals surface area contributed by atoms with Gasteiger partial charge in [0.2, 0.25) is 0 Å². The van der Waals surface area contributed by atoms with Crippen molar-refractivity contribution >= 4 is 11.6 Å². The van der Waals surface area contributed by atoms with E-state index in [-0.39, 0.29) is 12.6 Å². The molecule has 1 aromatic rings. The molecule has 2 saturated heterocycles. The van der Waals surface area contributed by atoms with E-state index in [1.54, 1.807) is 4.90 Å². The van der Waals surface area contributed by atoms with Gasteiger partial charge in [-0.3, -0.25) is 10.9 Å². The Morgan fingerprint density at radius 2 is 1.80 bits per heavy atom. The van der Waals surface area contributed by atoms with E-state index in [4.69, 9.17) is 11.6 Å². The van der Waals surface area contributed by atoms with E-state index in [9.17, 15) is 18.3 Å². The first-order chi connectivity index (χ1) is 11.8. The molecule has 0 spiro atoms. The lowest BCUT2D eigenvalue weighted by Crippen LogP contribution is -2.47. The smallest absolute Gasteiger partial charge is 0.382 e. The number of β-amino-alcohol motifs (C(OH)–C–C–N with tert-alkyl or cyclic N) is 1. The zero-order valence-corrected chi connectivity index (χ0v) is 14.5. The van der Waals surface area contributed by atoms with Crippen molar-refractivity contribution in [2.45, 2.75) is 43.6 Å². The van der Waals surface area contributed by atoms with Crippen LogP contribution in [0.5, 0.6) is 0 Å². The van der Waals surface area contributed by atoms with Gasteiger partial charge in [-0.15, -0.1) is 0 Å². The first kappa shape index (κ1) is 18.9. The number of nitrogens with zero attached hydrogens (tertiary/aromatic N) is 1. The standard InChI is InChI=1S/C17H23ClF3N3O/c18-13-3-1-11(2-4-13)14-9-15(23-22-14)12-5-7-24(8-6-12)10-16(25)17(19,20)21/h1-4,12,14-16,22-23,25H,5-10H2. The molecule has 8 heteroatoms. The van der Waals surface area contributed by atoms with E-state index in [1.807, 2.05) is 24.3 Å². The van der Waals surface area contributed by atoms with Crippen LogP contribution >= 0.6 is 11.6 Å². The molecule has 140 valence electrons. The Labute approximate surface area is 150 Å². The van der Waals surface area contributed by atoms with E-state index < -0.39 is 12.3 Å². The second-order valence-electron chi connectivity index (χ2n) is 6.93. The molecule has 0 saturated carbocycles. The molecule has 4 nitrogen and oxygen atoms in total. The SMILES string of the molecule is OC(CN1CCC(C2CC(c3ccc(Cl)cc3)NN2)CC1)C(F)(F)F. The van der Waals surface area contributed by atoms with Crippen molar-refractivity contribution < 1.29 is 18.3 Å². The number of hydrazine groups is 1. The fraction of sp³-hybridized carbons (Fsp3) is 0.647. The topological polar surface area (TPSA) is 47.5 Å². The molecule has 2 fully saturated rings. The van der Waals surface area contributed by atoms with Crippen molar-refractivity contribution in [2.24, 2.45) is 5.92 Å². The van der Waals surface area contributed by atoms with E-state index in [1.165, 1.54) is 5.56 Å². The van der Waals surface area contributed by atoms with Crippen molar-refractivity contribution in [1.82, 2.24) is 15.8 Å². The normalized spacial score (nSPS) is 27.6. The Morgan fingerprint density at radius 1 is 1.16 bits per heavy atom. The number of alkyl halides is 3. The molecule has 0 aliphatic carbocycles. The quantitative estimate of drug-likeness (QED) is 0.755. The summed E-state index contributed by atoms with van der Waals surface area (Å²) in [6.07, 6.45) is -4.20. The molecule has 3 N–H and O–H groups in total. The lowest BCUT2D eigenvalue weighted by molar-refractivity contribution is -0.208. The lowest BCUT2D eigenvalue weighted by atomic mass is 9.86. The van der Waals surface area contributed by atoms with Crippen LogP contribution in [0.2, 0.25) is 5.02 Å². The predicted molar refractivity (Wildman–Crippen MR) is 90.1 cm³/mol. The summed E-state index contributed by atoms with van der Waals surface area (Å²) in [4.78, 5) is 1.70. The molecule has 0 radical (unpaired) electrons. The number of hydrogen-bond acceptors (Lipinski definition) is 4. The summed E-state index contributed by atoms with van der Waals surface area (Å²) in [5.74, 6) is 0.420. The molecule has 0 bridgehead atoms. The van der Waals surface area contributed by atoms with Crippen molar-refractivity contribution in [3.63, 3.8) is 0 Å². The van der Waals surface area contributed by atoms with Gasteiger partial charge in [-0.2, -0.15) is 13.2 Å². The number of piperidine rings is 1. The van der Waals surface area contributed by atoms with Crippen LogP contribution in [0.15, 0.2) is 24.3 Å². The Balaban J connectivity index is 1.47. The summed E-state index contributed by atoms with van der Waals surface area (Å²) in [6, 6.07) is 8.27. The summed E-state index contributed by atoms with van der Waals surface area (Å²) in [5, 5.41) is 9.91. The minimum Gasteiger partial charge on any atom is -0.382 e. The fourth-order valence-corrected chi connectivity index (χ4v) is 3.82. The number of halogens is 4. The molecular formula is C17H23ClF3N3O. The predicted octanol–water partition coefficient (Wildman–Crippen LogP) is 2.88. The average molecular weight is 378 g/mol. The third-order valence-electron chi connectivity index (χ3n) is 5.22. The molecule has 1 aromatic carbocycles. The van der Waals surface area contributed by atoms with Gasteiger partial charge >= 0.3 is 6.18 Å². The first-order valence-corrected chi connectivity index (χ1v) is 8.94. The first-order valence-electron chi connectivity index (χ1n) is 8.56. The molecule has 3 atom stereocenters. The van der Waals surface area contributed by atoms with Gasteiger partial charge in [-0.05, 0) is 56.0 Å². The minimum absolute atomic E-state index is 0.215. The maximum atomic E-state index is 12.5. The second-order valence-corrected chi connectivity index (χ2v) is 7.37. The third kappa shape index (κ3) is 4.86. The molecule has 25 heavy (non-hydrogen) atoms. The Hall–Kier alpha value is -0.860. The Bertz CT molecular complexity index is 561. The number of likely N-dealkylation sites (tertiary alicyclic amines) is 1. The Kier molecular flexibility index (Phi) is 5.90. The lowest BCUT2D eigenvalue weighted by Gasteiger charge is -2.35. The van der Waals surface area contributed by atoms with E-state index in [0.717, 1.165) is 19.3 Å². The number of benzene rings is 1. The fourth-order valence-electron chi connectivity index (χ4n) is 3.69. The van der Waals surface area contributed by atoms with Gasteiger partial charge in [-0.1, -0.05) is 23.7 Å². The molecule has 2 heterocycles. The van der Waals surface area contributed by atoms with Crippen LogP contribution in [0, 0.1) is 5.92 Å². The van der Waals surface area contributed by atoms with Gasteiger partial charge in [0.05, 0.1) is 0 Å². The maximum Gasteiger partial charge on any atom is 0.415 e. The van der Waals surface area contributed by atoms with Crippen LogP contribution in [-0.2, 0) is 0 Å². The van der Waals surface area contributed by atoms with Crippen molar-refractivity contribution in [3.05, 3.63) is 34.9 Å². The van der Waals surface area contributed by atoms with Gasteiger partial charge in [0.25, 0.3) is 0 Å². The molecule has 2 aliphatic rings. The number of aliphatic hydroxyl groups is 1. The summed E-state index contributed by atoms with van der Waals surface area (Å²) in [5.41, 5.74) is 7.82. The summed E-state index contributed by atoms with van der Waals surface area (Å²) in [7, 11) is 0. The summed E-state index contributed by atoms with van der Waals surface area (Å²) >= 11 is 5.92. The molecule has 2 aliphatic heterocycles. The van der Waals surface area contributed by atoms with E-state index in [0.29, 0.717) is 30.1 Å². The van der Waals surface area contributed by atoms with Crippen molar-refractivity contribution in [1.29, 1.82) is 0 Å². The maximum absolute atomic E-state index is 12.5. The van der Waals surface area contributed by atoms with E-state index in [2.05, 4.69) is 10.9 Å². The minimum atomic E-state index is -4.54. The number of aliphatic hydroxyl groups excluding tert-OH is 1. The zero-order chi connectivity index (χ0) is 18.0. The second kappa shape index (κ2) is 7.80. The van der Waals surface area contributed by atoms with Crippen molar-refractivity contribution in [3.8, 4) is 0 Å². The highest BCUT2D eigenvalue weighted by atomic mass is 35.5. The highest BCUT2D eigenvalue weighted by Crippen LogP contribution is 2.31. The zero-order valence-electron chi connectivity index (χ0n) is 13.8. The van der Waals surface area contributed by atoms with Crippen LogP contribution < -0.4 is 10.9 Å². The molecular weight excluding hydrogens is 355 g/mol. The molecule has 3 rings (SSSR count). The van der Waals surface area contributed by atoms with Gasteiger partial charge in [0, 0.05) is 23.7 Å². The van der Waals surface area contributed by atoms with Gasteiger partial charge in [-0.25, -0.2) is 0 Å². The number of rotatable bonds is 4. The van der Waals surface area contributed by atoms with Gasteiger partial charge in [0.1, 0.15) is 0 Å². The van der Waals surface area contributed by atoms with Gasteiger partial charge < -0.3 is 10.0 Å². The number of nitrogens with one attached hydrogen (secondary N) is 2. The van der Waals surface area contributed by atoms with Crippen LogP contribution in [0.3, 0.4) is 0 Å². The van der Waals surface area contributed by atoms with Crippen LogP contribution in [0.25, 0.3) is 0 Å². The highest BCUT2D eigenvalue weighted by Gasteiger charge is 2.40. The third-order valence-corrected chi connectivity index (χ3v) is 5.47. The van der Waals surface area contributed by atoms with Crippen LogP contribution in [-0.4, -0.2) is 48.0 Å². The summed E-state index contributed by atoms with van der Waals surface area (Å²) < 4.78 is 37.4. The summed E-state index contributed by atoms with van der Waals surface area (Å²) in [6.45, 7) is 0.836. The largest absolute Gasteiger partial charge is 0.415 e. The molecule has 0 amide bonds. The van der Waals surface area contributed by atoms with Crippen LogP contribution in [0.4, 0.5) is 13.2 Å². The molecule has 0 aromatic heterocycles. The highest BCUT2D eigenvalue weighted by molar-refractivity contribution is 6.30. The number of hydrogen-bond donors (Lipinski definition) is 3.